The quantitative estimate of drug-likeness (QED) is 0.352. The van der Waals surface area contributed by atoms with Gasteiger partial charge in [0.15, 0.2) is 0 Å². The minimum Gasteiger partial charge on any atom is -0.342 e. The third-order valence-corrected chi connectivity index (χ3v) is 8.54. The van der Waals surface area contributed by atoms with E-state index in [9.17, 15) is 9.18 Å². The Kier molecular flexibility index (Phi) is 6.38. The van der Waals surface area contributed by atoms with Gasteiger partial charge in [-0.05, 0) is 85.9 Å². The fourth-order valence-electron chi connectivity index (χ4n) is 6.70. The highest BCUT2D eigenvalue weighted by atomic mass is 19.1. The summed E-state index contributed by atoms with van der Waals surface area (Å²) in [6.45, 7) is 3.93. The number of amides is 1. The number of aromatic nitrogens is 1. The third kappa shape index (κ3) is 4.36. The van der Waals surface area contributed by atoms with Crippen LogP contribution < -0.4 is 5.43 Å². The largest absolute Gasteiger partial charge is 0.342 e. The van der Waals surface area contributed by atoms with Gasteiger partial charge in [-0.3, -0.25) is 9.69 Å². The molecule has 1 N–H and O–H groups in total. The molecule has 0 radical (unpaired) electrons. The van der Waals surface area contributed by atoms with Crippen LogP contribution in [0.3, 0.4) is 0 Å². The summed E-state index contributed by atoms with van der Waals surface area (Å²) < 4.78 is 15.7. The molecule has 5 nitrogen and oxygen atoms in total. The van der Waals surface area contributed by atoms with Gasteiger partial charge in [0.2, 0.25) is 0 Å². The first kappa shape index (κ1) is 23.4. The van der Waals surface area contributed by atoms with Gasteiger partial charge < -0.3 is 4.57 Å². The first-order valence-electron chi connectivity index (χ1n) is 13.6. The van der Waals surface area contributed by atoms with Crippen LogP contribution in [0.15, 0.2) is 47.6 Å². The van der Waals surface area contributed by atoms with Crippen molar-refractivity contribution in [3.8, 4) is 0 Å². The van der Waals surface area contributed by atoms with Crippen LogP contribution in [0.2, 0.25) is 0 Å². The molecule has 2 aromatic carbocycles. The summed E-state index contributed by atoms with van der Waals surface area (Å²) in [6.07, 6.45) is 10.1. The zero-order chi connectivity index (χ0) is 24.6. The van der Waals surface area contributed by atoms with Crippen LogP contribution >= 0.6 is 0 Å². The van der Waals surface area contributed by atoms with E-state index < -0.39 is 0 Å². The van der Waals surface area contributed by atoms with E-state index in [4.69, 9.17) is 0 Å². The fraction of sp³-hybridized carbons (Fsp3) is 0.467. The van der Waals surface area contributed by atoms with Crippen molar-refractivity contribution in [2.75, 3.05) is 13.1 Å². The van der Waals surface area contributed by atoms with Gasteiger partial charge in [0, 0.05) is 29.7 Å². The van der Waals surface area contributed by atoms with Gasteiger partial charge >= 0.3 is 0 Å². The number of hydrogen-bond acceptors (Lipinski definition) is 3. The van der Waals surface area contributed by atoms with Crippen molar-refractivity contribution in [1.82, 2.24) is 14.9 Å². The number of nitrogens with one attached hydrogen (secondary N) is 1. The summed E-state index contributed by atoms with van der Waals surface area (Å²) in [5.41, 5.74) is 10.0. The molecule has 6 rings (SSSR count). The SMILES string of the molecule is C/C(=N\NC(=O)CN1CCn2c3c(c4cc(C5CCCCC5)ccc42)CCCC31)c1ccc(F)cc1. The number of hydrogen-bond donors (Lipinski definition) is 1. The van der Waals surface area contributed by atoms with Crippen molar-refractivity contribution in [2.45, 2.75) is 76.8 Å². The molecule has 2 heterocycles. The van der Waals surface area contributed by atoms with E-state index in [1.165, 1.54) is 72.0 Å². The molecule has 1 saturated carbocycles. The van der Waals surface area contributed by atoms with Crippen LogP contribution in [0.1, 0.15) is 86.2 Å². The predicted molar refractivity (Wildman–Crippen MR) is 142 cm³/mol. The normalized spacial score (nSPS) is 20.9. The molecule has 1 fully saturated rings. The highest BCUT2D eigenvalue weighted by Gasteiger charge is 2.35. The Morgan fingerprint density at radius 2 is 1.83 bits per heavy atom. The summed E-state index contributed by atoms with van der Waals surface area (Å²) >= 11 is 0. The van der Waals surface area contributed by atoms with Crippen molar-refractivity contribution < 1.29 is 9.18 Å². The van der Waals surface area contributed by atoms with Gasteiger partial charge in [0.25, 0.3) is 5.91 Å². The first-order chi connectivity index (χ1) is 17.6. The topological polar surface area (TPSA) is 49.6 Å². The van der Waals surface area contributed by atoms with Crippen LogP contribution in [0.25, 0.3) is 10.9 Å². The number of rotatable bonds is 5. The van der Waals surface area contributed by atoms with Crippen molar-refractivity contribution in [3.63, 3.8) is 0 Å². The average molecular weight is 487 g/mol. The van der Waals surface area contributed by atoms with E-state index in [0.29, 0.717) is 18.2 Å². The Morgan fingerprint density at radius 3 is 2.64 bits per heavy atom. The molecule has 6 heteroatoms. The number of benzene rings is 2. The third-order valence-electron chi connectivity index (χ3n) is 8.54. The van der Waals surface area contributed by atoms with E-state index in [2.05, 4.69) is 38.2 Å². The minimum atomic E-state index is -0.282. The maximum Gasteiger partial charge on any atom is 0.254 e. The van der Waals surface area contributed by atoms with E-state index in [-0.39, 0.29) is 17.8 Å². The molecule has 36 heavy (non-hydrogen) atoms. The minimum absolute atomic E-state index is 0.104. The van der Waals surface area contributed by atoms with Crippen LogP contribution in [-0.4, -0.2) is 34.2 Å². The van der Waals surface area contributed by atoms with E-state index in [1.54, 1.807) is 12.1 Å². The number of aryl methyl sites for hydroxylation is 1. The Hall–Kier alpha value is -2.99. The number of halogens is 1. The monoisotopic (exact) mass is 486 g/mol. The second-order valence-electron chi connectivity index (χ2n) is 10.7. The van der Waals surface area contributed by atoms with E-state index in [1.807, 2.05) is 6.92 Å². The molecular formula is C30H35FN4O. The van der Waals surface area contributed by atoms with Gasteiger partial charge in [-0.2, -0.15) is 5.10 Å². The van der Waals surface area contributed by atoms with Crippen LogP contribution in [0, 0.1) is 5.82 Å². The Morgan fingerprint density at radius 1 is 1.03 bits per heavy atom. The zero-order valence-corrected chi connectivity index (χ0v) is 21.1. The second-order valence-corrected chi connectivity index (χ2v) is 10.7. The molecule has 0 spiro atoms. The summed E-state index contributed by atoms with van der Waals surface area (Å²) in [4.78, 5) is 15.2. The summed E-state index contributed by atoms with van der Waals surface area (Å²) in [6, 6.07) is 13.7. The Balaban J connectivity index is 1.21. The molecule has 3 aromatic rings. The average Bonchev–Trinajstić information content (AvgIpc) is 3.24. The molecule has 188 valence electrons. The maximum atomic E-state index is 13.2. The maximum absolute atomic E-state index is 13.2. The van der Waals surface area contributed by atoms with Crippen molar-refractivity contribution in [1.29, 1.82) is 0 Å². The van der Waals surface area contributed by atoms with Crippen molar-refractivity contribution in [2.24, 2.45) is 5.10 Å². The van der Waals surface area contributed by atoms with Crippen molar-refractivity contribution >= 4 is 22.5 Å². The zero-order valence-electron chi connectivity index (χ0n) is 21.1. The lowest BCUT2D eigenvalue weighted by Gasteiger charge is -2.39. The highest BCUT2D eigenvalue weighted by molar-refractivity contribution is 5.99. The van der Waals surface area contributed by atoms with Gasteiger partial charge in [-0.25, -0.2) is 9.82 Å². The van der Waals surface area contributed by atoms with Crippen LogP contribution in [-0.2, 0) is 17.8 Å². The highest BCUT2D eigenvalue weighted by Crippen LogP contribution is 2.44. The second kappa shape index (κ2) is 9.81. The van der Waals surface area contributed by atoms with E-state index >= 15 is 0 Å². The molecule has 1 aliphatic heterocycles. The molecule has 1 amide bonds. The smallest absolute Gasteiger partial charge is 0.254 e. The van der Waals surface area contributed by atoms with E-state index in [0.717, 1.165) is 37.9 Å². The lowest BCUT2D eigenvalue weighted by Crippen LogP contribution is -2.44. The number of fused-ring (bicyclic) bond motifs is 3. The number of nitrogens with zero attached hydrogens (tertiary/aromatic N) is 3. The van der Waals surface area contributed by atoms with Gasteiger partial charge in [0.1, 0.15) is 5.82 Å². The summed E-state index contributed by atoms with van der Waals surface area (Å²) in [7, 11) is 0. The summed E-state index contributed by atoms with van der Waals surface area (Å²) in [5, 5.41) is 5.72. The standard InChI is InChI=1S/C30H35FN4O/c1-20(21-10-13-24(31)14-11-21)32-33-29(36)19-34-16-17-35-27-15-12-23(22-6-3-2-4-7-22)18-26(27)25-8-5-9-28(34)30(25)35/h10-15,18,22,28H,2-9,16-17,19H2,1H3,(H,33,36)/b32-20+. The van der Waals surface area contributed by atoms with Crippen LogP contribution in [0.5, 0.6) is 0 Å². The number of carbonyl (C=O) groups is 1. The van der Waals surface area contributed by atoms with Gasteiger partial charge in [-0.15, -0.1) is 0 Å². The molecule has 0 saturated heterocycles. The van der Waals surface area contributed by atoms with Gasteiger partial charge in [0.05, 0.1) is 18.3 Å². The lowest BCUT2D eigenvalue weighted by atomic mass is 9.83. The summed E-state index contributed by atoms with van der Waals surface area (Å²) in [5.74, 6) is 0.327. The van der Waals surface area contributed by atoms with Crippen LogP contribution in [0.4, 0.5) is 4.39 Å². The van der Waals surface area contributed by atoms with Gasteiger partial charge in [-0.1, -0.05) is 37.5 Å². The Bertz CT molecular complexity index is 1300. The first-order valence-corrected chi connectivity index (χ1v) is 13.6. The number of hydrazone groups is 1. The Labute approximate surface area is 212 Å². The lowest BCUT2D eigenvalue weighted by molar-refractivity contribution is -0.123. The fourth-order valence-corrected chi connectivity index (χ4v) is 6.70. The van der Waals surface area contributed by atoms with Crippen molar-refractivity contribution in [3.05, 3.63) is 70.7 Å². The molecule has 2 aliphatic carbocycles. The molecule has 1 unspecified atom stereocenters. The molecule has 1 atom stereocenters. The molecule has 1 aromatic heterocycles. The predicted octanol–water partition coefficient (Wildman–Crippen LogP) is 6.06. The number of carbonyl (C=O) groups excluding carboxylic acids is 1. The molecule has 0 bridgehead atoms. The molecular weight excluding hydrogens is 451 g/mol. The molecule has 3 aliphatic rings.